The van der Waals surface area contributed by atoms with Crippen LogP contribution in [0.5, 0.6) is 5.75 Å². The van der Waals surface area contributed by atoms with Crippen LogP contribution in [0.15, 0.2) is 24.3 Å². The lowest BCUT2D eigenvalue weighted by Crippen LogP contribution is -2.42. The Morgan fingerprint density at radius 1 is 1.38 bits per heavy atom. The fourth-order valence-electron chi connectivity index (χ4n) is 2.85. The lowest BCUT2D eigenvalue weighted by Gasteiger charge is -2.36. The molecule has 0 spiro atoms. The van der Waals surface area contributed by atoms with Gasteiger partial charge < -0.3 is 4.74 Å². The van der Waals surface area contributed by atoms with Gasteiger partial charge in [-0.2, -0.15) is 0 Å². The molecule has 1 aliphatic rings. The fraction of sp³-hybridized carbons (Fsp3) is 0.562. The lowest BCUT2D eigenvalue weighted by molar-refractivity contribution is 0.0953. The Kier molecular flexibility index (Phi) is 5.59. The minimum absolute atomic E-state index is 0.294. The van der Waals surface area contributed by atoms with Gasteiger partial charge in [-0.15, -0.1) is 0 Å². The van der Waals surface area contributed by atoms with Gasteiger partial charge in [0.05, 0.1) is 0 Å². The highest BCUT2D eigenvalue weighted by atomic mass is 16.5. The summed E-state index contributed by atoms with van der Waals surface area (Å²) in [6.07, 6.45) is 2.54. The van der Waals surface area contributed by atoms with Crippen LogP contribution in [0.4, 0.5) is 0 Å². The molecule has 0 saturated carbocycles. The Morgan fingerprint density at radius 2 is 2.10 bits per heavy atom. The summed E-state index contributed by atoms with van der Waals surface area (Å²) in [7, 11) is 0. The van der Waals surface area contributed by atoms with E-state index < -0.39 is 0 Å². The second-order valence-corrected chi connectivity index (χ2v) is 5.86. The molecule has 1 aromatic carbocycles. The molecule has 5 nitrogen and oxygen atoms in total. The largest absolute Gasteiger partial charge is 0.492 e. The van der Waals surface area contributed by atoms with E-state index in [0.29, 0.717) is 18.2 Å². The summed E-state index contributed by atoms with van der Waals surface area (Å²) >= 11 is 0. The molecule has 21 heavy (non-hydrogen) atoms. The summed E-state index contributed by atoms with van der Waals surface area (Å²) in [6, 6.07) is 7.65. The number of rotatable bonds is 5. The minimum Gasteiger partial charge on any atom is -0.492 e. The monoisotopic (exact) mass is 291 g/mol. The number of hydrogen-bond acceptors (Lipinski definition) is 4. The van der Waals surface area contributed by atoms with Crippen molar-refractivity contribution in [1.29, 1.82) is 0 Å². The van der Waals surface area contributed by atoms with E-state index in [4.69, 9.17) is 10.6 Å². The van der Waals surface area contributed by atoms with Crippen LogP contribution in [0.25, 0.3) is 0 Å². The van der Waals surface area contributed by atoms with Crippen LogP contribution in [-0.2, 0) is 0 Å². The third kappa shape index (κ3) is 4.44. The van der Waals surface area contributed by atoms with Crippen LogP contribution in [0.2, 0.25) is 0 Å². The molecule has 1 fully saturated rings. The third-order valence-electron chi connectivity index (χ3n) is 4.17. The maximum Gasteiger partial charge on any atom is 0.265 e. The molecule has 0 aliphatic carbocycles. The number of carbonyl (C=O) groups excluding carboxylic acids is 1. The topological polar surface area (TPSA) is 67.6 Å². The average Bonchev–Trinajstić information content (AvgIpc) is 2.49. The van der Waals surface area contributed by atoms with Gasteiger partial charge in [0.15, 0.2) is 0 Å². The Hall–Kier alpha value is -1.59. The van der Waals surface area contributed by atoms with E-state index in [0.717, 1.165) is 24.8 Å². The van der Waals surface area contributed by atoms with E-state index in [-0.39, 0.29) is 5.91 Å². The van der Waals surface area contributed by atoms with Crippen LogP contribution < -0.4 is 16.0 Å². The Bertz CT molecular complexity index is 461. The molecule has 5 heteroatoms. The number of piperidine rings is 1. The van der Waals surface area contributed by atoms with Crippen molar-refractivity contribution < 1.29 is 9.53 Å². The maximum absolute atomic E-state index is 11.3. The minimum atomic E-state index is -0.294. The second kappa shape index (κ2) is 7.43. The van der Waals surface area contributed by atoms with Crippen molar-refractivity contribution in [3.8, 4) is 5.75 Å². The third-order valence-corrected chi connectivity index (χ3v) is 4.17. The molecule has 116 valence electrons. The van der Waals surface area contributed by atoms with Crippen molar-refractivity contribution in [3.05, 3.63) is 29.8 Å². The molecule has 3 N–H and O–H groups in total. The van der Waals surface area contributed by atoms with Crippen molar-refractivity contribution in [3.63, 3.8) is 0 Å². The molecular formula is C16H25N3O2. The Balaban J connectivity index is 1.77. The molecule has 1 saturated heterocycles. The number of amides is 1. The van der Waals surface area contributed by atoms with Crippen LogP contribution in [-0.4, -0.2) is 36.5 Å². The highest BCUT2D eigenvalue weighted by Gasteiger charge is 2.22. The van der Waals surface area contributed by atoms with Crippen molar-refractivity contribution >= 4 is 5.91 Å². The maximum atomic E-state index is 11.3. The van der Waals surface area contributed by atoms with Gasteiger partial charge in [0.2, 0.25) is 0 Å². The number of hydrazine groups is 1. The molecule has 0 bridgehead atoms. The van der Waals surface area contributed by atoms with Crippen molar-refractivity contribution in [1.82, 2.24) is 10.3 Å². The predicted molar refractivity (Wildman–Crippen MR) is 83.0 cm³/mol. The number of hydrogen-bond donors (Lipinski definition) is 2. The van der Waals surface area contributed by atoms with Gasteiger partial charge >= 0.3 is 0 Å². The molecule has 2 rings (SSSR count). The van der Waals surface area contributed by atoms with Crippen LogP contribution in [0, 0.1) is 5.92 Å². The van der Waals surface area contributed by atoms with E-state index in [9.17, 15) is 4.79 Å². The highest BCUT2D eigenvalue weighted by Crippen LogP contribution is 2.21. The second-order valence-electron chi connectivity index (χ2n) is 5.86. The summed E-state index contributed by atoms with van der Waals surface area (Å²) in [5.41, 5.74) is 2.64. The van der Waals surface area contributed by atoms with Crippen molar-refractivity contribution in [2.24, 2.45) is 11.8 Å². The molecular weight excluding hydrogens is 266 g/mol. The summed E-state index contributed by atoms with van der Waals surface area (Å²) < 4.78 is 5.75. The molecule has 1 aliphatic heterocycles. The van der Waals surface area contributed by atoms with Crippen LogP contribution in [0.3, 0.4) is 0 Å². The molecule has 2 unspecified atom stereocenters. The van der Waals surface area contributed by atoms with Gasteiger partial charge in [-0.05, 0) is 56.5 Å². The molecule has 0 aromatic heterocycles. The summed E-state index contributed by atoms with van der Waals surface area (Å²) in [5, 5.41) is 0. The molecule has 1 amide bonds. The van der Waals surface area contributed by atoms with Gasteiger partial charge in [-0.25, -0.2) is 5.84 Å². The quantitative estimate of drug-likeness (QED) is 0.493. The van der Waals surface area contributed by atoms with E-state index >= 15 is 0 Å². The summed E-state index contributed by atoms with van der Waals surface area (Å²) in [5.74, 6) is 6.41. The predicted octanol–water partition coefficient (Wildman–Crippen LogP) is 1.79. The normalized spacial score (nSPS) is 22.8. The fourth-order valence-corrected chi connectivity index (χ4v) is 2.85. The first-order valence-corrected chi connectivity index (χ1v) is 7.58. The molecule has 0 radical (unpaired) electrons. The zero-order valence-corrected chi connectivity index (χ0v) is 12.8. The molecule has 1 aromatic rings. The van der Waals surface area contributed by atoms with Gasteiger partial charge in [0.25, 0.3) is 5.91 Å². The number of carbonyl (C=O) groups is 1. The van der Waals surface area contributed by atoms with Gasteiger partial charge in [0, 0.05) is 18.2 Å². The standard InChI is InChI=1S/C16H25N3O2/c1-12-7-8-19(13(2)11-12)9-10-21-15-5-3-14(4-6-15)16(20)18-17/h3-6,12-13H,7-11,17H2,1-2H3,(H,18,20). The summed E-state index contributed by atoms with van der Waals surface area (Å²) in [4.78, 5) is 13.8. The smallest absolute Gasteiger partial charge is 0.265 e. The van der Waals surface area contributed by atoms with Gasteiger partial charge in [-0.3, -0.25) is 15.1 Å². The van der Waals surface area contributed by atoms with Crippen molar-refractivity contribution in [2.45, 2.75) is 32.7 Å². The molecule has 2 atom stereocenters. The SMILES string of the molecule is CC1CCN(CCOc2ccc(C(=O)NN)cc2)C(C)C1. The first-order chi connectivity index (χ1) is 10.1. The Morgan fingerprint density at radius 3 is 2.71 bits per heavy atom. The lowest BCUT2D eigenvalue weighted by atomic mass is 9.93. The van der Waals surface area contributed by atoms with Gasteiger partial charge in [0.1, 0.15) is 12.4 Å². The number of nitrogens with one attached hydrogen (secondary N) is 1. The number of nitrogen functional groups attached to an aromatic ring is 1. The van der Waals surface area contributed by atoms with Crippen molar-refractivity contribution in [2.75, 3.05) is 19.7 Å². The average molecular weight is 291 g/mol. The highest BCUT2D eigenvalue weighted by molar-refractivity contribution is 5.93. The van der Waals surface area contributed by atoms with Crippen LogP contribution >= 0.6 is 0 Å². The molecule has 1 heterocycles. The first kappa shape index (κ1) is 15.8. The van der Waals surface area contributed by atoms with E-state index in [1.54, 1.807) is 24.3 Å². The van der Waals surface area contributed by atoms with Crippen LogP contribution in [0.1, 0.15) is 37.0 Å². The first-order valence-electron chi connectivity index (χ1n) is 7.58. The van der Waals surface area contributed by atoms with E-state index in [2.05, 4.69) is 24.2 Å². The van der Waals surface area contributed by atoms with E-state index in [1.807, 2.05) is 0 Å². The number of likely N-dealkylation sites (tertiary alicyclic amines) is 1. The number of nitrogens with zero attached hydrogens (tertiary/aromatic N) is 1. The zero-order valence-electron chi connectivity index (χ0n) is 12.8. The Labute approximate surface area is 126 Å². The number of ether oxygens (including phenoxy) is 1. The summed E-state index contributed by atoms with van der Waals surface area (Å²) in [6.45, 7) is 7.38. The van der Waals surface area contributed by atoms with Gasteiger partial charge in [-0.1, -0.05) is 6.92 Å². The number of benzene rings is 1. The number of nitrogens with two attached hydrogens (primary N) is 1. The van der Waals surface area contributed by atoms with E-state index in [1.165, 1.54) is 12.8 Å². The zero-order chi connectivity index (χ0) is 15.2.